The molecule has 0 saturated heterocycles. The molecular weight excluding hydrogens is 459 g/mol. The highest BCUT2D eigenvalue weighted by molar-refractivity contribution is 14.0. The van der Waals surface area contributed by atoms with Crippen LogP contribution in [0, 0.1) is 0 Å². The van der Waals surface area contributed by atoms with Gasteiger partial charge in [0.1, 0.15) is 12.4 Å². The summed E-state index contributed by atoms with van der Waals surface area (Å²) in [7, 11) is 5.04. The Morgan fingerprint density at radius 2 is 1.81 bits per heavy atom. The van der Waals surface area contributed by atoms with Crippen LogP contribution in [-0.2, 0) is 17.8 Å². The molecule has 1 heterocycles. The van der Waals surface area contributed by atoms with Gasteiger partial charge < -0.3 is 24.8 Å². The van der Waals surface area contributed by atoms with Gasteiger partial charge in [0.05, 0.1) is 13.7 Å². The fourth-order valence-corrected chi connectivity index (χ4v) is 2.21. The van der Waals surface area contributed by atoms with Crippen LogP contribution in [0.25, 0.3) is 0 Å². The van der Waals surface area contributed by atoms with Crippen molar-refractivity contribution in [2.75, 3.05) is 34.5 Å². The lowest BCUT2D eigenvalue weighted by Gasteiger charge is -2.12. The Labute approximate surface area is 177 Å². The molecule has 148 valence electrons. The molecule has 0 spiro atoms. The van der Waals surface area contributed by atoms with Crippen molar-refractivity contribution >= 4 is 29.9 Å². The lowest BCUT2D eigenvalue weighted by atomic mass is 10.2. The average molecular weight is 486 g/mol. The quantitative estimate of drug-likeness (QED) is 0.246. The van der Waals surface area contributed by atoms with E-state index in [1.165, 1.54) is 0 Å². The summed E-state index contributed by atoms with van der Waals surface area (Å²) < 4.78 is 15.6. The van der Waals surface area contributed by atoms with E-state index >= 15 is 0 Å². The maximum Gasteiger partial charge on any atom is 0.213 e. The van der Waals surface area contributed by atoms with Crippen LogP contribution >= 0.6 is 24.0 Å². The van der Waals surface area contributed by atoms with Crippen LogP contribution in [0.1, 0.15) is 11.1 Å². The molecule has 0 aliphatic rings. The van der Waals surface area contributed by atoms with Crippen molar-refractivity contribution in [1.29, 1.82) is 0 Å². The molecule has 0 unspecified atom stereocenters. The highest BCUT2D eigenvalue weighted by Gasteiger charge is 2.02. The van der Waals surface area contributed by atoms with Gasteiger partial charge in [-0.05, 0) is 23.3 Å². The number of aliphatic imine (C=N–C) groups is 1. The molecule has 0 bridgehead atoms. The summed E-state index contributed by atoms with van der Waals surface area (Å²) in [6.07, 6.45) is 1.78. The molecule has 1 aromatic carbocycles. The smallest absolute Gasteiger partial charge is 0.213 e. The van der Waals surface area contributed by atoms with Gasteiger partial charge in [-0.1, -0.05) is 18.2 Å². The molecule has 1 aromatic heterocycles. The molecule has 0 radical (unpaired) electrons. The molecule has 2 rings (SSSR count). The van der Waals surface area contributed by atoms with Crippen LogP contribution in [0.4, 0.5) is 0 Å². The summed E-state index contributed by atoms with van der Waals surface area (Å²) in [5.41, 5.74) is 2.15. The van der Waals surface area contributed by atoms with E-state index in [0.29, 0.717) is 38.1 Å². The van der Waals surface area contributed by atoms with Crippen LogP contribution in [0.3, 0.4) is 0 Å². The molecule has 0 aliphatic carbocycles. The molecule has 7 nitrogen and oxygen atoms in total. The van der Waals surface area contributed by atoms with Gasteiger partial charge in [-0.25, -0.2) is 4.98 Å². The van der Waals surface area contributed by atoms with Gasteiger partial charge >= 0.3 is 0 Å². The van der Waals surface area contributed by atoms with E-state index < -0.39 is 0 Å². The molecule has 2 N–H and O–H groups in total. The number of pyridine rings is 1. The second-order valence-corrected chi connectivity index (χ2v) is 5.48. The molecule has 0 amide bonds. The largest absolute Gasteiger partial charge is 0.497 e. The Bertz CT molecular complexity index is 696. The normalized spacial score (nSPS) is 10.7. The molecule has 2 aromatic rings. The third kappa shape index (κ3) is 8.44. The number of ether oxygens (including phenoxy) is 3. The fraction of sp³-hybridized carbons (Fsp3) is 0.368. The second-order valence-electron chi connectivity index (χ2n) is 5.48. The SMILES string of the molecule is CN=C(NCc1ccc(OCCOC)nc1)NCc1cccc(OC)c1.I. The number of hydrogen-bond acceptors (Lipinski definition) is 5. The first kappa shape index (κ1) is 23.0. The van der Waals surface area contributed by atoms with Crippen molar-refractivity contribution in [3.63, 3.8) is 0 Å². The maximum absolute atomic E-state index is 5.45. The van der Waals surface area contributed by atoms with Gasteiger partial charge in [0.15, 0.2) is 5.96 Å². The minimum atomic E-state index is 0. The topological polar surface area (TPSA) is 77.0 Å². The number of halogens is 1. The van der Waals surface area contributed by atoms with Gasteiger partial charge in [-0.2, -0.15) is 0 Å². The number of hydrogen-bond donors (Lipinski definition) is 2. The molecule has 0 fully saturated rings. The van der Waals surface area contributed by atoms with Crippen LogP contribution < -0.4 is 20.1 Å². The lowest BCUT2D eigenvalue weighted by molar-refractivity contribution is 0.143. The van der Waals surface area contributed by atoms with E-state index in [-0.39, 0.29) is 24.0 Å². The van der Waals surface area contributed by atoms with Crippen LogP contribution in [0.2, 0.25) is 0 Å². The summed E-state index contributed by atoms with van der Waals surface area (Å²) in [5.74, 6) is 2.14. The Kier molecular flexibility index (Phi) is 11.2. The summed E-state index contributed by atoms with van der Waals surface area (Å²) in [5, 5.41) is 6.54. The standard InChI is InChI=1S/C19H26N4O3.HI/c1-20-19(22-12-15-5-4-6-17(11-15)25-3)23-14-16-7-8-18(21-13-16)26-10-9-24-2;/h4-8,11,13H,9-10,12,14H2,1-3H3,(H2,20,22,23);1H. The van der Waals surface area contributed by atoms with Crippen molar-refractivity contribution in [2.45, 2.75) is 13.1 Å². The third-order valence-electron chi connectivity index (χ3n) is 3.61. The van der Waals surface area contributed by atoms with Crippen molar-refractivity contribution in [2.24, 2.45) is 4.99 Å². The summed E-state index contributed by atoms with van der Waals surface area (Å²) in [6.45, 7) is 2.30. The van der Waals surface area contributed by atoms with E-state index in [1.807, 2.05) is 36.4 Å². The summed E-state index contributed by atoms with van der Waals surface area (Å²) >= 11 is 0. The van der Waals surface area contributed by atoms with Crippen molar-refractivity contribution < 1.29 is 14.2 Å². The Balaban J connectivity index is 0.00000364. The van der Waals surface area contributed by atoms with E-state index in [4.69, 9.17) is 14.2 Å². The molecule has 0 saturated carbocycles. The predicted molar refractivity (Wildman–Crippen MR) is 117 cm³/mol. The van der Waals surface area contributed by atoms with E-state index in [0.717, 1.165) is 16.9 Å². The number of methoxy groups -OCH3 is 2. The van der Waals surface area contributed by atoms with Crippen LogP contribution in [0.15, 0.2) is 47.6 Å². The van der Waals surface area contributed by atoms with Crippen molar-refractivity contribution in [1.82, 2.24) is 15.6 Å². The van der Waals surface area contributed by atoms with Crippen molar-refractivity contribution in [3.8, 4) is 11.6 Å². The minimum absolute atomic E-state index is 0. The average Bonchev–Trinajstić information content (AvgIpc) is 2.69. The fourth-order valence-electron chi connectivity index (χ4n) is 2.21. The van der Waals surface area contributed by atoms with Gasteiger partial charge in [0.2, 0.25) is 5.88 Å². The Morgan fingerprint density at radius 1 is 1.04 bits per heavy atom. The number of nitrogens with zero attached hydrogens (tertiary/aromatic N) is 2. The molecule has 8 heteroatoms. The van der Waals surface area contributed by atoms with Crippen LogP contribution in [0.5, 0.6) is 11.6 Å². The zero-order valence-electron chi connectivity index (χ0n) is 15.9. The van der Waals surface area contributed by atoms with Gasteiger partial charge in [0, 0.05) is 39.5 Å². The lowest BCUT2D eigenvalue weighted by Crippen LogP contribution is -2.36. The van der Waals surface area contributed by atoms with Gasteiger partial charge in [-0.3, -0.25) is 4.99 Å². The zero-order valence-corrected chi connectivity index (χ0v) is 18.2. The number of aromatic nitrogens is 1. The summed E-state index contributed by atoms with van der Waals surface area (Å²) in [4.78, 5) is 8.51. The molecule has 27 heavy (non-hydrogen) atoms. The zero-order chi connectivity index (χ0) is 18.6. The molecular formula is C19H27IN4O3. The monoisotopic (exact) mass is 486 g/mol. The number of guanidine groups is 1. The maximum atomic E-state index is 5.45. The first-order valence-corrected chi connectivity index (χ1v) is 8.39. The van der Waals surface area contributed by atoms with E-state index in [1.54, 1.807) is 27.5 Å². The predicted octanol–water partition coefficient (Wildman–Crippen LogP) is 2.60. The second kappa shape index (κ2) is 13.2. The van der Waals surface area contributed by atoms with Gasteiger partial charge in [-0.15, -0.1) is 24.0 Å². The molecule has 0 atom stereocenters. The van der Waals surface area contributed by atoms with E-state index in [2.05, 4.69) is 20.6 Å². The Morgan fingerprint density at radius 3 is 2.44 bits per heavy atom. The summed E-state index contributed by atoms with van der Waals surface area (Å²) in [6, 6.07) is 11.7. The van der Waals surface area contributed by atoms with Crippen molar-refractivity contribution in [3.05, 3.63) is 53.7 Å². The van der Waals surface area contributed by atoms with Crippen LogP contribution in [-0.4, -0.2) is 45.4 Å². The van der Waals surface area contributed by atoms with E-state index in [9.17, 15) is 0 Å². The number of rotatable bonds is 9. The highest BCUT2D eigenvalue weighted by atomic mass is 127. The Hall–Kier alpha value is -2.07. The van der Waals surface area contributed by atoms with Gasteiger partial charge in [0.25, 0.3) is 0 Å². The first-order chi connectivity index (χ1) is 12.7. The number of nitrogens with one attached hydrogen (secondary N) is 2. The molecule has 0 aliphatic heterocycles. The highest BCUT2D eigenvalue weighted by Crippen LogP contribution is 2.12. The minimum Gasteiger partial charge on any atom is -0.497 e. The first-order valence-electron chi connectivity index (χ1n) is 8.39. The third-order valence-corrected chi connectivity index (χ3v) is 3.61. The number of benzene rings is 1.